The van der Waals surface area contributed by atoms with Gasteiger partial charge in [0.25, 0.3) is 11.5 Å². The fraction of sp³-hybridized carbons (Fsp3) is 0.450. The highest BCUT2D eigenvalue weighted by Crippen LogP contribution is 2.31. The van der Waals surface area contributed by atoms with Gasteiger partial charge >= 0.3 is 0 Å². The Balaban J connectivity index is 1.98. The number of hydrogen-bond acceptors (Lipinski definition) is 7. The Bertz CT molecular complexity index is 1200. The third kappa shape index (κ3) is 4.52. The Morgan fingerprint density at radius 1 is 1.25 bits per heavy atom. The van der Waals surface area contributed by atoms with Crippen molar-refractivity contribution in [1.82, 2.24) is 24.1 Å². The SMILES string of the molecule is CN1CCN(S(C)(=O)=O)CC1(C)c1nc(C(=O)NCc2ccc(F)cc2)c(O)c(=O)n1C. The monoisotopic (exact) mass is 467 g/mol. The topological polar surface area (TPSA) is 125 Å². The number of nitrogens with zero attached hydrogens (tertiary/aromatic N) is 4. The standard InChI is InChI=1S/C20H26FN5O5S/c1-20(12-26(32(4,30)31)10-9-24(20)2)19-23-15(16(27)18(29)25(19)3)17(28)22-11-13-5-7-14(21)8-6-13/h5-8,27H,9-12H2,1-4H3,(H,22,28). The molecule has 0 saturated carbocycles. The second-order valence-corrected chi connectivity index (χ2v) is 10.1. The van der Waals surface area contributed by atoms with Gasteiger partial charge in [-0.2, -0.15) is 4.31 Å². The lowest BCUT2D eigenvalue weighted by molar-refractivity contribution is 0.0518. The number of amides is 1. The summed E-state index contributed by atoms with van der Waals surface area (Å²) >= 11 is 0. The molecule has 2 heterocycles. The molecule has 2 N–H and O–H groups in total. The normalized spacial score (nSPS) is 20.3. The molecule has 1 aromatic carbocycles. The maximum Gasteiger partial charge on any atom is 0.296 e. The molecule has 1 aliphatic heterocycles. The molecule has 32 heavy (non-hydrogen) atoms. The number of halogens is 1. The van der Waals surface area contributed by atoms with E-state index in [4.69, 9.17) is 0 Å². The van der Waals surface area contributed by atoms with Gasteiger partial charge in [-0.15, -0.1) is 0 Å². The van der Waals surface area contributed by atoms with Crippen molar-refractivity contribution in [3.8, 4) is 5.75 Å². The van der Waals surface area contributed by atoms with Crippen LogP contribution in [0.2, 0.25) is 0 Å². The molecule has 0 bridgehead atoms. The zero-order chi connectivity index (χ0) is 23.8. The molecule has 174 valence electrons. The van der Waals surface area contributed by atoms with E-state index in [1.54, 1.807) is 14.0 Å². The Hall–Kier alpha value is -2.83. The van der Waals surface area contributed by atoms with Crippen LogP contribution in [-0.4, -0.2) is 71.1 Å². The molecular weight excluding hydrogens is 441 g/mol. The first-order chi connectivity index (χ1) is 14.8. The van der Waals surface area contributed by atoms with Crippen molar-refractivity contribution in [2.24, 2.45) is 7.05 Å². The van der Waals surface area contributed by atoms with Crippen LogP contribution < -0.4 is 10.9 Å². The lowest BCUT2D eigenvalue weighted by Crippen LogP contribution is -2.60. The maximum atomic E-state index is 13.1. The van der Waals surface area contributed by atoms with Crippen LogP contribution >= 0.6 is 0 Å². The molecule has 1 atom stereocenters. The number of rotatable bonds is 5. The van der Waals surface area contributed by atoms with Crippen LogP contribution in [0.3, 0.4) is 0 Å². The van der Waals surface area contributed by atoms with Gasteiger partial charge in [0.1, 0.15) is 11.6 Å². The molecule has 2 aromatic rings. The molecule has 1 amide bonds. The van der Waals surface area contributed by atoms with E-state index >= 15 is 0 Å². The summed E-state index contributed by atoms with van der Waals surface area (Å²) in [6.45, 7) is 2.44. The number of hydrogen-bond donors (Lipinski definition) is 2. The predicted molar refractivity (Wildman–Crippen MR) is 115 cm³/mol. The molecule has 0 radical (unpaired) electrons. The van der Waals surface area contributed by atoms with Gasteiger partial charge in [0.15, 0.2) is 5.69 Å². The number of aromatic hydroxyl groups is 1. The lowest BCUT2D eigenvalue weighted by atomic mass is 9.96. The van der Waals surface area contributed by atoms with Crippen LogP contribution in [0.5, 0.6) is 5.75 Å². The molecule has 1 unspecified atom stereocenters. The van der Waals surface area contributed by atoms with Crippen molar-refractivity contribution >= 4 is 15.9 Å². The quantitative estimate of drug-likeness (QED) is 0.633. The smallest absolute Gasteiger partial charge is 0.296 e. The van der Waals surface area contributed by atoms with E-state index in [1.807, 2.05) is 4.90 Å². The largest absolute Gasteiger partial charge is 0.501 e. The summed E-state index contributed by atoms with van der Waals surface area (Å²) in [5.41, 5.74) is -1.70. The van der Waals surface area contributed by atoms with E-state index in [1.165, 1.54) is 35.6 Å². The number of carbonyl (C=O) groups is 1. The van der Waals surface area contributed by atoms with Gasteiger partial charge in [-0.3, -0.25) is 19.1 Å². The van der Waals surface area contributed by atoms with Crippen LogP contribution in [0.25, 0.3) is 0 Å². The van der Waals surface area contributed by atoms with Crippen molar-refractivity contribution in [3.63, 3.8) is 0 Å². The summed E-state index contributed by atoms with van der Waals surface area (Å²) < 4.78 is 39.7. The van der Waals surface area contributed by atoms with Gasteiger partial charge in [-0.1, -0.05) is 12.1 Å². The zero-order valence-corrected chi connectivity index (χ0v) is 19.1. The first-order valence-corrected chi connectivity index (χ1v) is 11.7. The Morgan fingerprint density at radius 2 is 1.88 bits per heavy atom. The summed E-state index contributed by atoms with van der Waals surface area (Å²) in [5.74, 6) is -1.87. The first-order valence-electron chi connectivity index (χ1n) is 9.84. The second-order valence-electron chi connectivity index (χ2n) is 8.10. The Labute approximate surface area is 185 Å². The average molecular weight is 468 g/mol. The summed E-state index contributed by atoms with van der Waals surface area (Å²) in [6.07, 6.45) is 1.11. The van der Waals surface area contributed by atoms with Crippen LogP contribution in [0.15, 0.2) is 29.1 Å². The summed E-state index contributed by atoms with van der Waals surface area (Å²) in [6, 6.07) is 5.49. The van der Waals surface area contributed by atoms with Gasteiger partial charge in [0, 0.05) is 33.2 Å². The van der Waals surface area contributed by atoms with E-state index in [-0.39, 0.29) is 25.5 Å². The number of sulfonamides is 1. The van der Waals surface area contributed by atoms with Crippen molar-refractivity contribution in [3.05, 3.63) is 57.5 Å². The number of nitrogens with one attached hydrogen (secondary N) is 1. The molecule has 1 fully saturated rings. The number of benzene rings is 1. The number of likely N-dealkylation sites (N-methyl/N-ethyl adjacent to an activating group) is 1. The van der Waals surface area contributed by atoms with E-state index in [0.29, 0.717) is 12.1 Å². The van der Waals surface area contributed by atoms with Crippen molar-refractivity contribution in [2.45, 2.75) is 19.0 Å². The molecule has 1 aromatic heterocycles. The minimum absolute atomic E-state index is 0.0179. The minimum atomic E-state index is -3.49. The lowest BCUT2D eigenvalue weighted by Gasteiger charge is -2.46. The molecule has 10 nitrogen and oxygen atoms in total. The number of piperazine rings is 1. The van der Waals surface area contributed by atoms with Crippen molar-refractivity contribution < 1.29 is 22.7 Å². The van der Waals surface area contributed by atoms with Crippen LogP contribution in [-0.2, 0) is 29.2 Å². The highest BCUT2D eigenvalue weighted by atomic mass is 32.2. The van der Waals surface area contributed by atoms with Crippen LogP contribution in [0.1, 0.15) is 28.8 Å². The Morgan fingerprint density at radius 3 is 2.47 bits per heavy atom. The van der Waals surface area contributed by atoms with E-state index in [9.17, 15) is 27.5 Å². The third-order valence-electron chi connectivity index (χ3n) is 5.81. The maximum absolute atomic E-state index is 13.1. The van der Waals surface area contributed by atoms with Crippen molar-refractivity contribution in [1.29, 1.82) is 0 Å². The Kier molecular flexibility index (Phi) is 6.40. The van der Waals surface area contributed by atoms with Gasteiger partial charge in [-0.05, 0) is 31.7 Å². The minimum Gasteiger partial charge on any atom is -0.501 e. The summed E-state index contributed by atoms with van der Waals surface area (Å²) in [4.78, 5) is 31.6. The van der Waals surface area contributed by atoms with E-state index < -0.39 is 44.3 Å². The number of aromatic nitrogens is 2. The van der Waals surface area contributed by atoms with Crippen LogP contribution in [0.4, 0.5) is 4.39 Å². The molecule has 0 aliphatic carbocycles. The summed E-state index contributed by atoms with van der Waals surface area (Å²) in [7, 11) is -0.316. The predicted octanol–water partition coefficient (Wildman–Crippen LogP) is -0.0228. The molecular formula is C20H26FN5O5S. The van der Waals surface area contributed by atoms with Gasteiger partial charge in [-0.25, -0.2) is 17.8 Å². The fourth-order valence-electron chi connectivity index (χ4n) is 3.67. The molecule has 1 aliphatic rings. The third-order valence-corrected chi connectivity index (χ3v) is 7.06. The average Bonchev–Trinajstić information content (AvgIpc) is 2.72. The molecule has 12 heteroatoms. The highest BCUT2D eigenvalue weighted by Gasteiger charge is 2.43. The van der Waals surface area contributed by atoms with E-state index in [0.717, 1.165) is 10.8 Å². The fourth-order valence-corrected chi connectivity index (χ4v) is 4.57. The molecule has 3 rings (SSSR count). The second kappa shape index (κ2) is 8.60. The van der Waals surface area contributed by atoms with Gasteiger partial charge < -0.3 is 10.4 Å². The first kappa shape index (κ1) is 23.8. The van der Waals surface area contributed by atoms with E-state index in [2.05, 4.69) is 10.3 Å². The molecule has 0 spiro atoms. The molecule has 1 saturated heterocycles. The van der Waals surface area contributed by atoms with Crippen molar-refractivity contribution in [2.75, 3.05) is 32.9 Å². The van der Waals surface area contributed by atoms with Gasteiger partial charge in [0.05, 0.1) is 11.8 Å². The number of carbonyl (C=O) groups excluding carboxylic acids is 1. The van der Waals surface area contributed by atoms with Gasteiger partial charge in [0.2, 0.25) is 15.8 Å². The zero-order valence-electron chi connectivity index (χ0n) is 18.3. The van der Waals surface area contributed by atoms with Crippen LogP contribution in [0, 0.1) is 5.82 Å². The summed E-state index contributed by atoms with van der Waals surface area (Å²) in [5, 5.41) is 12.9. The highest BCUT2D eigenvalue weighted by molar-refractivity contribution is 7.88.